The van der Waals surface area contributed by atoms with Crippen LogP contribution in [0.1, 0.15) is 40.9 Å². The Kier molecular flexibility index (Phi) is 5.98. The second-order valence-corrected chi connectivity index (χ2v) is 5.36. The Bertz CT molecular complexity index is 665. The summed E-state index contributed by atoms with van der Waals surface area (Å²) in [5, 5.41) is 3.10. The van der Waals surface area contributed by atoms with Crippen LogP contribution in [0.15, 0.2) is 61.2 Å². The first kappa shape index (κ1) is 16.8. The van der Waals surface area contributed by atoms with E-state index in [2.05, 4.69) is 18.8 Å². The van der Waals surface area contributed by atoms with Crippen molar-refractivity contribution in [2.24, 2.45) is 0 Å². The number of benzene rings is 2. The molecule has 0 spiro atoms. The molecule has 0 aliphatic carbocycles. The standard InChI is InChI=1S/C20H23NO2/c1-4-9-16-14-17(12-13-19(16)23-3)20(22)21-18(5-2)15-10-7-6-8-11-15/h4,6-8,10-14,18H,1,5,9H2,2-3H3,(H,21,22)/t18-/m1/s1. The molecule has 0 radical (unpaired) electrons. The average Bonchev–Trinajstić information content (AvgIpc) is 2.60. The first-order chi connectivity index (χ1) is 11.2. The molecule has 0 bridgehead atoms. The van der Waals surface area contributed by atoms with Gasteiger partial charge in [-0.2, -0.15) is 0 Å². The molecule has 1 atom stereocenters. The van der Waals surface area contributed by atoms with Gasteiger partial charge in [0.05, 0.1) is 13.2 Å². The zero-order valence-corrected chi connectivity index (χ0v) is 13.7. The van der Waals surface area contributed by atoms with E-state index in [1.54, 1.807) is 19.3 Å². The van der Waals surface area contributed by atoms with Crippen molar-refractivity contribution in [3.05, 3.63) is 77.9 Å². The Labute approximate surface area is 138 Å². The Morgan fingerprint density at radius 3 is 2.61 bits per heavy atom. The van der Waals surface area contributed by atoms with Crippen molar-refractivity contribution in [3.8, 4) is 5.75 Å². The minimum Gasteiger partial charge on any atom is -0.496 e. The summed E-state index contributed by atoms with van der Waals surface area (Å²) in [4.78, 5) is 12.6. The van der Waals surface area contributed by atoms with Crippen molar-refractivity contribution in [2.75, 3.05) is 7.11 Å². The van der Waals surface area contributed by atoms with E-state index in [1.165, 1.54) is 0 Å². The number of hydrogen-bond donors (Lipinski definition) is 1. The maximum absolute atomic E-state index is 12.6. The number of methoxy groups -OCH3 is 1. The third-order valence-corrected chi connectivity index (χ3v) is 3.82. The van der Waals surface area contributed by atoms with Crippen LogP contribution in [0.2, 0.25) is 0 Å². The minimum absolute atomic E-state index is 0.00801. The number of rotatable bonds is 7. The lowest BCUT2D eigenvalue weighted by molar-refractivity contribution is 0.0935. The van der Waals surface area contributed by atoms with Crippen LogP contribution in [0.3, 0.4) is 0 Å². The minimum atomic E-state index is -0.0753. The normalized spacial score (nSPS) is 11.6. The van der Waals surface area contributed by atoms with Gasteiger partial charge in [0.1, 0.15) is 5.75 Å². The average molecular weight is 309 g/mol. The largest absolute Gasteiger partial charge is 0.496 e. The van der Waals surface area contributed by atoms with E-state index < -0.39 is 0 Å². The summed E-state index contributed by atoms with van der Waals surface area (Å²) in [5.41, 5.74) is 2.71. The molecule has 0 aliphatic rings. The van der Waals surface area contributed by atoms with Crippen LogP contribution in [0, 0.1) is 0 Å². The van der Waals surface area contributed by atoms with Crippen molar-refractivity contribution in [1.82, 2.24) is 5.32 Å². The monoisotopic (exact) mass is 309 g/mol. The molecular formula is C20H23NO2. The van der Waals surface area contributed by atoms with Crippen molar-refractivity contribution in [2.45, 2.75) is 25.8 Å². The molecule has 0 unspecified atom stereocenters. The van der Waals surface area contributed by atoms with Crippen LogP contribution >= 0.6 is 0 Å². The van der Waals surface area contributed by atoms with Gasteiger partial charge < -0.3 is 10.1 Å². The molecule has 0 saturated carbocycles. The van der Waals surface area contributed by atoms with E-state index in [0.717, 1.165) is 23.3 Å². The van der Waals surface area contributed by atoms with Gasteiger partial charge in [0.15, 0.2) is 0 Å². The second kappa shape index (κ2) is 8.18. The molecule has 0 aliphatic heterocycles. The smallest absolute Gasteiger partial charge is 0.251 e. The molecule has 2 rings (SSSR count). The summed E-state index contributed by atoms with van der Waals surface area (Å²) in [6.07, 6.45) is 3.31. The number of allylic oxidation sites excluding steroid dienone is 1. The van der Waals surface area contributed by atoms with Crippen LogP contribution in [-0.4, -0.2) is 13.0 Å². The van der Waals surface area contributed by atoms with Gasteiger partial charge in [-0.1, -0.05) is 43.3 Å². The summed E-state index contributed by atoms with van der Waals surface area (Å²) in [7, 11) is 1.63. The number of ether oxygens (including phenoxy) is 1. The van der Waals surface area contributed by atoms with E-state index in [0.29, 0.717) is 12.0 Å². The highest BCUT2D eigenvalue weighted by molar-refractivity contribution is 5.94. The molecule has 0 saturated heterocycles. The molecule has 2 aromatic carbocycles. The number of amides is 1. The topological polar surface area (TPSA) is 38.3 Å². The fraction of sp³-hybridized carbons (Fsp3) is 0.250. The molecule has 0 aromatic heterocycles. The lowest BCUT2D eigenvalue weighted by Gasteiger charge is -2.18. The summed E-state index contributed by atoms with van der Waals surface area (Å²) >= 11 is 0. The highest BCUT2D eigenvalue weighted by Crippen LogP contribution is 2.22. The van der Waals surface area contributed by atoms with Crippen molar-refractivity contribution in [3.63, 3.8) is 0 Å². The molecule has 3 heteroatoms. The van der Waals surface area contributed by atoms with Crippen LogP contribution < -0.4 is 10.1 Å². The Morgan fingerprint density at radius 1 is 1.26 bits per heavy atom. The highest BCUT2D eigenvalue weighted by Gasteiger charge is 2.15. The van der Waals surface area contributed by atoms with Gasteiger partial charge in [-0.05, 0) is 42.2 Å². The van der Waals surface area contributed by atoms with Gasteiger partial charge in [-0.3, -0.25) is 4.79 Å². The van der Waals surface area contributed by atoms with Gasteiger partial charge >= 0.3 is 0 Å². The summed E-state index contributed by atoms with van der Waals surface area (Å²) in [6, 6.07) is 15.5. The maximum atomic E-state index is 12.6. The zero-order chi connectivity index (χ0) is 16.7. The van der Waals surface area contributed by atoms with Gasteiger partial charge in [0.25, 0.3) is 5.91 Å². The summed E-state index contributed by atoms with van der Waals surface area (Å²) in [6.45, 7) is 5.82. The number of carbonyl (C=O) groups is 1. The molecule has 0 heterocycles. The van der Waals surface area contributed by atoms with E-state index in [1.807, 2.05) is 42.5 Å². The Balaban J connectivity index is 2.19. The van der Waals surface area contributed by atoms with E-state index >= 15 is 0 Å². The summed E-state index contributed by atoms with van der Waals surface area (Å²) in [5.74, 6) is 0.699. The molecule has 0 fully saturated rings. The lowest BCUT2D eigenvalue weighted by atomic mass is 10.0. The fourth-order valence-electron chi connectivity index (χ4n) is 2.58. The van der Waals surface area contributed by atoms with E-state index in [9.17, 15) is 4.79 Å². The van der Waals surface area contributed by atoms with Crippen molar-refractivity contribution < 1.29 is 9.53 Å². The number of carbonyl (C=O) groups excluding carboxylic acids is 1. The van der Waals surface area contributed by atoms with Crippen molar-refractivity contribution >= 4 is 5.91 Å². The fourth-order valence-corrected chi connectivity index (χ4v) is 2.58. The Hall–Kier alpha value is -2.55. The second-order valence-electron chi connectivity index (χ2n) is 5.36. The first-order valence-electron chi connectivity index (χ1n) is 7.83. The quantitative estimate of drug-likeness (QED) is 0.774. The molecule has 1 amide bonds. The predicted molar refractivity (Wildman–Crippen MR) is 93.8 cm³/mol. The van der Waals surface area contributed by atoms with E-state index in [-0.39, 0.29) is 11.9 Å². The van der Waals surface area contributed by atoms with Gasteiger partial charge in [-0.25, -0.2) is 0 Å². The van der Waals surface area contributed by atoms with Gasteiger partial charge in [0.2, 0.25) is 0 Å². The third-order valence-electron chi connectivity index (χ3n) is 3.82. The zero-order valence-electron chi connectivity index (χ0n) is 13.7. The van der Waals surface area contributed by atoms with Crippen molar-refractivity contribution in [1.29, 1.82) is 0 Å². The molecule has 120 valence electrons. The highest BCUT2D eigenvalue weighted by atomic mass is 16.5. The molecule has 2 aromatic rings. The van der Waals surface area contributed by atoms with Gasteiger partial charge in [0, 0.05) is 5.56 Å². The molecule has 3 nitrogen and oxygen atoms in total. The van der Waals surface area contributed by atoms with Crippen LogP contribution in [0.25, 0.3) is 0 Å². The Morgan fingerprint density at radius 2 is 2.00 bits per heavy atom. The number of nitrogens with one attached hydrogen (secondary N) is 1. The number of hydrogen-bond acceptors (Lipinski definition) is 2. The lowest BCUT2D eigenvalue weighted by Crippen LogP contribution is -2.28. The third kappa shape index (κ3) is 4.22. The van der Waals surface area contributed by atoms with Crippen LogP contribution in [0.5, 0.6) is 5.75 Å². The predicted octanol–water partition coefficient (Wildman–Crippen LogP) is 4.30. The molecular weight excluding hydrogens is 286 g/mol. The van der Waals surface area contributed by atoms with Gasteiger partial charge in [-0.15, -0.1) is 6.58 Å². The van der Waals surface area contributed by atoms with Crippen LogP contribution in [-0.2, 0) is 6.42 Å². The molecule has 1 N–H and O–H groups in total. The van der Waals surface area contributed by atoms with E-state index in [4.69, 9.17) is 4.74 Å². The first-order valence-corrected chi connectivity index (χ1v) is 7.83. The molecule has 23 heavy (non-hydrogen) atoms. The SMILES string of the molecule is C=CCc1cc(C(=O)N[C@H](CC)c2ccccc2)ccc1OC. The van der Waals surface area contributed by atoms with Crippen LogP contribution in [0.4, 0.5) is 0 Å². The summed E-state index contributed by atoms with van der Waals surface area (Å²) < 4.78 is 5.32. The maximum Gasteiger partial charge on any atom is 0.251 e.